The van der Waals surface area contributed by atoms with Gasteiger partial charge < -0.3 is 10.5 Å². The highest BCUT2D eigenvalue weighted by molar-refractivity contribution is 5.49. The SMILES string of the molecule is COc1cc(C)c(C(C)CCN)c(C)c1C. The molecule has 2 N–H and O–H groups in total. The number of nitrogens with two attached hydrogens (primary N) is 1. The van der Waals surface area contributed by atoms with E-state index in [1.54, 1.807) is 7.11 Å². The number of rotatable bonds is 4. The lowest BCUT2D eigenvalue weighted by Crippen LogP contribution is -2.08. The third-order valence-corrected chi connectivity index (χ3v) is 3.42. The molecule has 0 bridgehead atoms. The highest BCUT2D eigenvalue weighted by Gasteiger charge is 2.15. The molecule has 0 heterocycles. The molecule has 0 aliphatic heterocycles. The molecular weight excluding hydrogens is 198 g/mol. The monoisotopic (exact) mass is 221 g/mol. The molecule has 0 spiro atoms. The van der Waals surface area contributed by atoms with Crippen LogP contribution in [0.3, 0.4) is 0 Å². The van der Waals surface area contributed by atoms with Gasteiger partial charge in [-0.05, 0) is 68.0 Å². The fraction of sp³-hybridized carbons (Fsp3) is 0.571. The van der Waals surface area contributed by atoms with Crippen LogP contribution in [0.25, 0.3) is 0 Å². The predicted octanol–water partition coefficient (Wildman–Crippen LogP) is 3.07. The minimum atomic E-state index is 0.523. The van der Waals surface area contributed by atoms with Crippen LogP contribution in [0.1, 0.15) is 41.5 Å². The summed E-state index contributed by atoms with van der Waals surface area (Å²) in [5.74, 6) is 1.51. The first-order valence-corrected chi connectivity index (χ1v) is 5.87. The molecule has 2 nitrogen and oxygen atoms in total. The Bertz CT molecular complexity index is 371. The number of hydrogen-bond donors (Lipinski definition) is 1. The van der Waals surface area contributed by atoms with Gasteiger partial charge in [0.1, 0.15) is 5.75 Å². The van der Waals surface area contributed by atoms with Crippen molar-refractivity contribution in [1.29, 1.82) is 0 Å². The van der Waals surface area contributed by atoms with E-state index in [9.17, 15) is 0 Å². The van der Waals surface area contributed by atoms with Gasteiger partial charge in [0.25, 0.3) is 0 Å². The van der Waals surface area contributed by atoms with Gasteiger partial charge in [0.15, 0.2) is 0 Å². The van der Waals surface area contributed by atoms with E-state index in [1.165, 1.54) is 22.3 Å². The molecule has 90 valence electrons. The summed E-state index contributed by atoms with van der Waals surface area (Å²) in [5, 5.41) is 0. The maximum atomic E-state index is 5.64. The van der Waals surface area contributed by atoms with Crippen molar-refractivity contribution in [1.82, 2.24) is 0 Å². The van der Waals surface area contributed by atoms with Gasteiger partial charge in [0.05, 0.1) is 7.11 Å². The first kappa shape index (κ1) is 13.0. The van der Waals surface area contributed by atoms with Crippen molar-refractivity contribution in [2.45, 2.75) is 40.0 Å². The summed E-state index contributed by atoms with van der Waals surface area (Å²) in [7, 11) is 1.73. The summed E-state index contributed by atoms with van der Waals surface area (Å²) < 4.78 is 5.38. The molecule has 1 aromatic rings. The lowest BCUT2D eigenvalue weighted by molar-refractivity contribution is 0.410. The molecule has 1 rings (SSSR count). The molecule has 0 saturated heterocycles. The fourth-order valence-corrected chi connectivity index (χ4v) is 2.43. The third-order valence-electron chi connectivity index (χ3n) is 3.42. The minimum absolute atomic E-state index is 0.523. The molecule has 1 atom stereocenters. The second-order valence-electron chi connectivity index (χ2n) is 4.54. The topological polar surface area (TPSA) is 35.2 Å². The van der Waals surface area contributed by atoms with Crippen LogP contribution in [-0.4, -0.2) is 13.7 Å². The Morgan fingerprint density at radius 1 is 1.25 bits per heavy atom. The van der Waals surface area contributed by atoms with Gasteiger partial charge in [-0.15, -0.1) is 0 Å². The zero-order valence-corrected chi connectivity index (χ0v) is 11.1. The third kappa shape index (κ3) is 2.38. The predicted molar refractivity (Wildman–Crippen MR) is 69.3 cm³/mol. The van der Waals surface area contributed by atoms with Crippen LogP contribution < -0.4 is 10.5 Å². The van der Waals surface area contributed by atoms with Crippen LogP contribution in [0.5, 0.6) is 5.75 Å². The number of aryl methyl sites for hydroxylation is 1. The quantitative estimate of drug-likeness (QED) is 0.848. The van der Waals surface area contributed by atoms with Crippen molar-refractivity contribution < 1.29 is 4.74 Å². The molecule has 16 heavy (non-hydrogen) atoms. The fourth-order valence-electron chi connectivity index (χ4n) is 2.43. The van der Waals surface area contributed by atoms with Crippen molar-refractivity contribution in [3.05, 3.63) is 28.3 Å². The summed E-state index contributed by atoms with van der Waals surface area (Å²) in [5.41, 5.74) is 11.0. The largest absolute Gasteiger partial charge is 0.496 e. The van der Waals surface area contributed by atoms with Crippen LogP contribution in [0.4, 0.5) is 0 Å². The normalized spacial score (nSPS) is 12.6. The molecule has 1 unspecified atom stereocenters. The van der Waals surface area contributed by atoms with Crippen molar-refractivity contribution in [2.24, 2.45) is 5.73 Å². The van der Waals surface area contributed by atoms with E-state index in [0.29, 0.717) is 5.92 Å². The second-order valence-corrected chi connectivity index (χ2v) is 4.54. The summed E-state index contributed by atoms with van der Waals surface area (Å²) in [6.07, 6.45) is 1.04. The van der Waals surface area contributed by atoms with Gasteiger partial charge in [-0.1, -0.05) is 6.92 Å². The number of hydrogen-bond acceptors (Lipinski definition) is 2. The standard InChI is InChI=1S/C14H23NO/c1-9(6-7-15)14-10(2)8-13(16-5)11(3)12(14)4/h8-9H,6-7,15H2,1-5H3. The highest BCUT2D eigenvalue weighted by Crippen LogP contribution is 2.33. The van der Waals surface area contributed by atoms with E-state index >= 15 is 0 Å². The van der Waals surface area contributed by atoms with Crippen molar-refractivity contribution in [3.8, 4) is 5.75 Å². The maximum absolute atomic E-state index is 5.64. The van der Waals surface area contributed by atoms with E-state index in [0.717, 1.165) is 18.7 Å². The van der Waals surface area contributed by atoms with Gasteiger partial charge in [0.2, 0.25) is 0 Å². The molecule has 0 fully saturated rings. The van der Waals surface area contributed by atoms with Gasteiger partial charge in [-0.25, -0.2) is 0 Å². The van der Waals surface area contributed by atoms with Crippen LogP contribution in [0, 0.1) is 20.8 Å². The molecule has 0 aliphatic rings. The van der Waals surface area contributed by atoms with E-state index < -0.39 is 0 Å². The summed E-state index contributed by atoms with van der Waals surface area (Å²) in [6.45, 7) is 9.43. The average molecular weight is 221 g/mol. The van der Waals surface area contributed by atoms with Gasteiger partial charge >= 0.3 is 0 Å². The Balaban J connectivity index is 3.24. The van der Waals surface area contributed by atoms with Crippen LogP contribution in [0.2, 0.25) is 0 Å². The zero-order valence-electron chi connectivity index (χ0n) is 11.1. The van der Waals surface area contributed by atoms with E-state index in [2.05, 4.69) is 33.8 Å². The Labute approximate surface area is 98.8 Å². The van der Waals surface area contributed by atoms with Crippen molar-refractivity contribution >= 4 is 0 Å². The summed E-state index contributed by atoms with van der Waals surface area (Å²) in [4.78, 5) is 0. The smallest absolute Gasteiger partial charge is 0.122 e. The summed E-state index contributed by atoms with van der Waals surface area (Å²) >= 11 is 0. The molecule has 0 amide bonds. The first-order chi connectivity index (χ1) is 7.52. The van der Waals surface area contributed by atoms with Crippen LogP contribution in [-0.2, 0) is 0 Å². The number of benzene rings is 1. The number of ether oxygens (including phenoxy) is 1. The molecule has 0 radical (unpaired) electrons. The second kappa shape index (κ2) is 5.35. The average Bonchev–Trinajstić information content (AvgIpc) is 2.24. The van der Waals surface area contributed by atoms with Crippen LogP contribution in [0.15, 0.2) is 6.07 Å². The van der Waals surface area contributed by atoms with Crippen molar-refractivity contribution in [2.75, 3.05) is 13.7 Å². The Kier molecular flexibility index (Phi) is 4.36. The minimum Gasteiger partial charge on any atom is -0.496 e. The van der Waals surface area contributed by atoms with Crippen LogP contribution >= 0.6 is 0 Å². The molecule has 0 saturated carbocycles. The maximum Gasteiger partial charge on any atom is 0.122 e. The molecule has 1 aromatic carbocycles. The first-order valence-electron chi connectivity index (χ1n) is 5.87. The lowest BCUT2D eigenvalue weighted by Gasteiger charge is -2.20. The van der Waals surface area contributed by atoms with Crippen molar-refractivity contribution in [3.63, 3.8) is 0 Å². The Hall–Kier alpha value is -1.02. The molecular formula is C14H23NO. The van der Waals surface area contributed by atoms with Gasteiger partial charge in [-0.2, -0.15) is 0 Å². The zero-order chi connectivity index (χ0) is 12.3. The highest BCUT2D eigenvalue weighted by atomic mass is 16.5. The van der Waals surface area contributed by atoms with E-state index in [1.807, 2.05) is 0 Å². The summed E-state index contributed by atoms with van der Waals surface area (Å²) in [6, 6.07) is 2.13. The number of methoxy groups -OCH3 is 1. The molecule has 2 heteroatoms. The Morgan fingerprint density at radius 3 is 2.38 bits per heavy atom. The molecule has 0 aromatic heterocycles. The Morgan fingerprint density at radius 2 is 1.88 bits per heavy atom. The van der Waals surface area contributed by atoms with E-state index in [4.69, 9.17) is 10.5 Å². The lowest BCUT2D eigenvalue weighted by atomic mass is 9.87. The molecule has 0 aliphatic carbocycles. The van der Waals surface area contributed by atoms with Gasteiger partial charge in [-0.3, -0.25) is 0 Å². The van der Waals surface area contributed by atoms with E-state index in [-0.39, 0.29) is 0 Å². The van der Waals surface area contributed by atoms with Gasteiger partial charge in [0, 0.05) is 0 Å².